The first kappa shape index (κ1) is 15.6. The molecule has 0 radical (unpaired) electrons. The number of rotatable bonds is 5. The van der Waals surface area contributed by atoms with Crippen molar-refractivity contribution in [3.8, 4) is 0 Å². The Morgan fingerprint density at radius 3 is 2.77 bits per heavy atom. The molecule has 0 atom stereocenters. The molecule has 2 aromatic rings. The molecule has 0 aliphatic heterocycles. The summed E-state index contributed by atoms with van der Waals surface area (Å²) >= 11 is 0. The molecule has 1 aromatic carbocycles. The summed E-state index contributed by atoms with van der Waals surface area (Å²) in [6.45, 7) is 3.90. The van der Waals surface area contributed by atoms with Crippen LogP contribution in [0.2, 0.25) is 0 Å². The second kappa shape index (κ2) is 6.80. The standard InChI is InChI=1S/C16H17N3O3/c1-10(2)15-13(8-17-9-18-15)16(22)19-12-5-3-4-11(6-12)7-14(20)21/h3-6,8-10H,7H2,1-2H3,(H,19,22)(H,20,21). The maximum absolute atomic E-state index is 12.4. The Kier molecular flexibility index (Phi) is 4.83. The van der Waals surface area contributed by atoms with Gasteiger partial charge in [0.15, 0.2) is 0 Å². The quantitative estimate of drug-likeness (QED) is 0.884. The molecule has 0 spiro atoms. The Hall–Kier alpha value is -2.76. The van der Waals surface area contributed by atoms with E-state index in [1.54, 1.807) is 24.3 Å². The number of aromatic nitrogens is 2. The van der Waals surface area contributed by atoms with Crippen molar-refractivity contribution in [1.82, 2.24) is 9.97 Å². The van der Waals surface area contributed by atoms with Crippen molar-refractivity contribution in [3.63, 3.8) is 0 Å². The van der Waals surface area contributed by atoms with Crippen LogP contribution in [0.3, 0.4) is 0 Å². The minimum atomic E-state index is -0.915. The molecule has 0 bridgehead atoms. The molecule has 0 saturated heterocycles. The van der Waals surface area contributed by atoms with Crippen LogP contribution in [0, 0.1) is 0 Å². The van der Waals surface area contributed by atoms with Crippen molar-refractivity contribution >= 4 is 17.6 Å². The average molecular weight is 299 g/mol. The van der Waals surface area contributed by atoms with Crippen LogP contribution in [0.4, 0.5) is 5.69 Å². The predicted octanol–water partition coefficient (Wildman–Crippen LogP) is 2.48. The van der Waals surface area contributed by atoms with Gasteiger partial charge in [-0.15, -0.1) is 0 Å². The number of anilines is 1. The van der Waals surface area contributed by atoms with Crippen LogP contribution >= 0.6 is 0 Å². The van der Waals surface area contributed by atoms with Gasteiger partial charge in [-0.25, -0.2) is 9.97 Å². The number of amides is 1. The van der Waals surface area contributed by atoms with E-state index in [9.17, 15) is 9.59 Å². The SMILES string of the molecule is CC(C)c1ncncc1C(=O)Nc1cccc(CC(=O)O)c1. The van der Waals surface area contributed by atoms with E-state index in [1.807, 2.05) is 13.8 Å². The van der Waals surface area contributed by atoms with E-state index < -0.39 is 5.97 Å². The first-order valence-electron chi connectivity index (χ1n) is 6.89. The molecule has 0 aliphatic carbocycles. The monoisotopic (exact) mass is 299 g/mol. The largest absolute Gasteiger partial charge is 0.481 e. The Labute approximate surface area is 128 Å². The van der Waals surface area contributed by atoms with Gasteiger partial charge in [0.1, 0.15) is 6.33 Å². The highest BCUT2D eigenvalue weighted by Gasteiger charge is 2.15. The van der Waals surface area contributed by atoms with Crippen molar-refractivity contribution in [2.45, 2.75) is 26.2 Å². The number of carbonyl (C=O) groups is 2. The van der Waals surface area contributed by atoms with Gasteiger partial charge in [0, 0.05) is 11.9 Å². The lowest BCUT2D eigenvalue weighted by atomic mass is 10.0. The zero-order valence-corrected chi connectivity index (χ0v) is 12.4. The zero-order valence-electron chi connectivity index (χ0n) is 12.4. The van der Waals surface area contributed by atoms with E-state index >= 15 is 0 Å². The fraction of sp³-hybridized carbons (Fsp3) is 0.250. The normalized spacial score (nSPS) is 10.5. The van der Waals surface area contributed by atoms with E-state index in [2.05, 4.69) is 15.3 Å². The number of carboxylic acids is 1. The minimum absolute atomic E-state index is 0.0879. The van der Waals surface area contributed by atoms with Crippen LogP contribution < -0.4 is 5.32 Å². The molecule has 0 fully saturated rings. The second-order valence-corrected chi connectivity index (χ2v) is 5.20. The van der Waals surface area contributed by atoms with Gasteiger partial charge in [-0.1, -0.05) is 26.0 Å². The van der Waals surface area contributed by atoms with Crippen molar-refractivity contribution < 1.29 is 14.7 Å². The molecule has 6 heteroatoms. The van der Waals surface area contributed by atoms with Crippen molar-refractivity contribution in [3.05, 3.63) is 53.6 Å². The summed E-state index contributed by atoms with van der Waals surface area (Å²) < 4.78 is 0. The van der Waals surface area contributed by atoms with E-state index in [0.717, 1.165) is 0 Å². The molecule has 2 N–H and O–H groups in total. The molecule has 2 rings (SSSR count). The highest BCUT2D eigenvalue weighted by Crippen LogP contribution is 2.18. The van der Waals surface area contributed by atoms with Gasteiger partial charge in [0.2, 0.25) is 0 Å². The number of carbonyl (C=O) groups excluding carboxylic acids is 1. The molecule has 1 aromatic heterocycles. The molecule has 1 amide bonds. The maximum Gasteiger partial charge on any atom is 0.307 e. The fourth-order valence-electron chi connectivity index (χ4n) is 2.11. The van der Waals surface area contributed by atoms with Crippen LogP contribution in [0.1, 0.15) is 41.4 Å². The van der Waals surface area contributed by atoms with E-state index in [1.165, 1.54) is 12.5 Å². The number of aliphatic carboxylic acids is 1. The fourth-order valence-corrected chi connectivity index (χ4v) is 2.11. The number of benzene rings is 1. The lowest BCUT2D eigenvalue weighted by Crippen LogP contribution is -2.16. The van der Waals surface area contributed by atoms with Crippen molar-refractivity contribution in [1.29, 1.82) is 0 Å². The summed E-state index contributed by atoms with van der Waals surface area (Å²) in [4.78, 5) is 31.2. The van der Waals surface area contributed by atoms with Crippen LogP contribution in [0.25, 0.3) is 0 Å². The average Bonchev–Trinajstić information content (AvgIpc) is 2.46. The topological polar surface area (TPSA) is 92.2 Å². The molecule has 22 heavy (non-hydrogen) atoms. The first-order valence-corrected chi connectivity index (χ1v) is 6.89. The summed E-state index contributed by atoms with van der Waals surface area (Å²) in [7, 11) is 0. The third kappa shape index (κ3) is 3.88. The zero-order chi connectivity index (χ0) is 16.1. The summed E-state index contributed by atoms with van der Waals surface area (Å²) in [5, 5.41) is 11.6. The third-order valence-corrected chi connectivity index (χ3v) is 3.07. The van der Waals surface area contributed by atoms with Crippen molar-refractivity contribution in [2.75, 3.05) is 5.32 Å². The lowest BCUT2D eigenvalue weighted by molar-refractivity contribution is -0.136. The summed E-state index contributed by atoms with van der Waals surface area (Å²) in [5.41, 5.74) is 2.26. The molecule has 114 valence electrons. The first-order chi connectivity index (χ1) is 10.5. The number of hydrogen-bond donors (Lipinski definition) is 2. The Morgan fingerprint density at radius 1 is 1.32 bits per heavy atom. The van der Waals surface area contributed by atoms with Gasteiger partial charge < -0.3 is 10.4 Å². The highest BCUT2D eigenvalue weighted by atomic mass is 16.4. The summed E-state index contributed by atoms with van der Waals surface area (Å²) in [5.74, 6) is -1.12. The molecule has 6 nitrogen and oxygen atoms in total. The van der Waals surface area contributed by atoms with Gasteiger partial charge in [0.25, 0.3) is 5.91 Å². The smallest absolute Gasteiger partial charge is 0.307 e. The van der Waals surface area contributed by atoms with Crippen LogP contribution in [0.15, 0.2) is 36.8 Å². The van der Waals surface area contributed by atoms with E-state index in [0.29, 0.717) is 22.5 Å². The Bertz CT molecular complexity index is 699. The van der Waals surface area contributed by atoms with Gasteiger partial charge in [0.05, 0.1) is 17.7 Å². The summed E-state index contributed by atoms with van der Waals surface area (Å²) in [6.07, 6.45) is 2.81. The second-order valence-electron chi connectivity index (χ2n) is 5.20. The molecular weight excluding hydrogens is 282 g/mol. The minimum Gasteiger partial charge on any atom is -0.481 e. The predicted molar refractivity (Wildman–Crippen MR) is 81.9 cm³/mol. The Balaban J connectivity index is 2.21. The molecular formula is C16H17N3O3. The molecule has 0 aliphatic rings. The van der Waals surface area contributed by atoms with Gasteiger partial charge in [-0.3, -0.25) is 9.59 Å². The number of carboxylic acid groups (broad SMARTS) is 1. The summed E-state index contributed by atoms with van der Waals surface area (Å²) in [6, 6.07) is 6.76. The van der Waals surface area contributed by atoms with Crippen LogP contribution in [-0.4, -0.2) is 27.0 Å². The van der Waals surface area contributed by atoms with Crippen molar-refractivity contribution in [2.24, 2.45) is 0 Å². The van der Waals surface area contributed by atoms with Crippen LogP contribution in [-0.2, 0) is 11.2 Å². The molecule has 0 unspecified atom stereocenters. The van der Waals surface area contributed by atoms with Gasteiger partial charge in [-0.2, -0.15) is 0 Å². The maximum atomic E-state index is 12.4. The van der Waals surface area contributed by atoms with Gasteiger partial charge in [-0.05, 0) is 23.6 Å². The van der Waals surface area contributed by atoms with Crippen LogP contribution in [0.5, 0.6) is 0 Å². The number of hydrogen-bond acceptors (Lipinski definition) is 4. The van der Waals surface area contributed by atoms with E-state index in [-0.39, 0.29) is 18.2 Å². The number of nitrogens with one attached hydrogen (secondary N) is 1. The third-order valence-electron chi connectivity index (χ3n) is 3.07. The van der Waals surface area contributed by atoms with Gasteiger partial charge >= 0.3 is 5.97 Å². The molecule has 0 saturated carbocycles. The Morgan fingerprint density at radius 2 is 2.09 bits per heavy atom. The van der Waals surface area contributed by atoms with E-state index in [4.69, 9.17) is 5.11 Å². The highest BCUT2D eigenvalue weighted by molar-refractivity contribution is 6.05. The molecule has 1 heterocycles. The number of nitrogens with zero attached hydrogens (tertiary/aromatic N) is 2. The lowest BCUT2D eigenvalue weighted by Gasteiger charge is -2.11.